The zero-order valence-electron chi connectivity index (χ0n) is 13.7. The van der Waals surface area contributed by atoms with E-state index in [0.717, 1.165) is 11.3 Å². The Labute approximate surface area is 163 Å². The molecule has 0 aliphatic carbocycles. The Morgan fingerprint density at radius 2 is 1.54 bits per heavy atom. The van der Waals surface area contributed by atoms with E-state index >= 15 is 0 Å². The topological polar surface area (TPSA) is 157 Å². The first kappa shape index (κ1) is 20.0. The molecule has 0 spiro atoms. The van der Waals surface area contributed by atoms with E-state index < -0.39 is 20.5 Å². The fraction of sp³-hybridized carbons (Fsp3) is 0. The third-order valence-corrected chi connectivity index (χ3v) is 5.29. The Hall–Kier alpha value is -2.71. The maximum atomic E-state index is 12.7. The lowest BCUT2D eigenvalue weighted by Crippen LogP contribution is -2.10. The first-order chi connectivity index (χ1) is 13.1. The summed E-state index contributed by atoms with van der Waals surface area (Å²) in [6, 6.07) is 8.46. The summed E-state index contributed by atoms with van der Waals surface area (Å²) in [6.45, 7) is 0. The van der Waals surface area contributed by atoms with Gasteiger partial charge in [0.2, 0.25) is 0 Å². The Balaban J connectivity index is 0.000000403. The zero-order valence-corrected chi connectivity index (χ0v) is 16.1. The molecule has 0 amide bonds. The van der Waals surface area contributed by atoms with Gasteiger partial charge in [-0.3, -0.25) is 19.1 Å². The highest BCUT2D eigenvalue weighted by molar-refractivity contribution is 7.87. The standard InChI is InChI=1S/C15H9N3O3S2.H2O4S/c19-23(20,21-15-18-7-8-22-15)12-9-10-3-1-5-16-13(10)14-11(12)4-2-6-17-14;1-5(2,3)4/h1-9H;(H2,1,2,3,4). The number of benzene rings is 1. The minimum absolute atomic E-state index is 0.0521. The summed E-state index contributed by atoms with van der Waals surface area (Å²) in [5, 5.41) is 2.87. The summed E-state index contributed by atoms with van der Waals surface area (Å²) in [5.74, 6) is 0. The van der Waals surface area contributed by atoms with Gasteiger partial charge in [-0.05, 0) is 24.3 Å². The molecule has 4 aromatic rings. The normalized spacial score (nSPS) is 11.8. The molecular formula is C15H11N3O7S3. The molecular weight excluding hydrogens is 430 g/mol. The van der Waals surface area contributed by atoms with E-state index in [4.69, 9.17) is 21.7 Å². The predicted molar refractivity (Wildman–Crippen MR) is 101 cm³/mol. The van der Waals surface area contributed by atoms with Crippen LogP contribution in [0.1, 0.15) is 0 Å². The molecule has 10 nitrogen and oxygen atoms in total. The van der Waals surface area contributed by atoms with Crippen LogP contribution in [0.25, 0.3) is 21.8 Å². The quantitative estimate of drug-likeness (QED) is 0.275. The first-order valence-corrected chi connectivity index (χ1v) is 11.0. The number of thiazole rings is 1. The van der Waals surface area contributed by atoms with Crippen LogP contribution in [-0.4, -0.2) is 40.9 Å². The van der Waals surface area contributed by atoms with E-state index in [1.54, 1.807) is 48.1 Å². The molecule has 146 valence electrons. The second kappa shape index (κ2) is 7.73. The summed E-state index contributed by atoms with van der Waals surface area (Å²) in [4.78, 5) is 12.5. The molecule has 3 heterocycles. The monoisotopic (exact) mass is 441 g/mol. The van der Waals surface area contributed by atoms with Gasteiger partial charge >= 0.3 is 20.5 Å². The summed E-state index contributed by atoms with van der Waals surface area (Å²) in [5.41, 5.74) is 1.17. The number of rotatable bonds is 3. The van der Waals surface area contributed by atoms with E-state index in [1.807, 2.05) is 0 Å². The lowest BCUT2D eigenvalue weighted by atomic mass is 10.1. The van der Waals surface area contributed by atoms with Gasteiger partial charge in [0.15, 0.2) is 0 Å². The number of pyridine rings is 2. The van der Waals surface area contributed by atoms with Crippen molar-refractivity contribution in [2.75, 3.05) is 0 Å². The summed E-state index contributed by atoms with van der Waals surface area (Å²) >= 11 is 1.11. The summed E-state index contributed by atoms with van der Waals surface area (Å²) < 4.78 is 62.0. The zero-order chi connectivity index (χ0) is 20.4. The third-order valence-electron chi connectivity index (χ3n) is 3.28. The lowest BCUT2D eigenvalue weighted by Gasteiger charge is -2.09. The molecule has 0 saturated carbocycles. The number of hydrogen-bond acceptors (Lipinski definition) is 9. The molecule has 0 aliphatic heterocycles. The predicted octanol–water partition coefficient (Wildman–Crippen LogP) is 2.35. The Morgan fingerprint density at radius 3 is 2.18 bits per heavy atom. The van der Waals surface area contributed by atoms with Gasteiger partial charge in [0.05, 0.1) is 11.0 Å². The highest BCUT2D eigenvalue weighted by Crippen LogP contribution is 2.30. The summed E-state index contributed by atoms with van der Waals surface area (Å²) in [7, 11) is -8.69. The van der Waals surface area contributed by atoms with Gasteiger partial charge in [-0.2, -0.15) is 16.8 Å². The molecule has 0 radical (unpaired) electrons. The van der Waals surface area contributed by atoms with Gasteiger partial charge in [0.1, 0.15) is 4.90 Å². The van der Waals surface area contributed by atoms with E-state index in [2.05, 4.69) is 15.0 Å². The van der Waals surface area contributed by atoms with Gasteiger partial charge in [0.25, 0.3) is 5.19 Å². The molecule has 2 N–H and O–H groups in total. The lowest BCUT2D eigenvalue weighted by molar-refractivity contribution is 0.381. The molecule has 0 unspecified atom stereocenters. The highest BCUT2D eigenvalue weighted by atomic mass is 32.3. The van der Waals surface area contributed by atoms with Gasteiger partial charge in [0, 0.05) is 34.7 Å². The van der Waals surface area contributed by atoms with Crippen LogP contribution in [0.3, 0.4) is 0 Å². The van der Waals surface area contributed by atoms with Crippen molar-refractivity contribution in [2.45, 2.75) is 4.90 Å². The van der Waals surface area contributed by atoms with E-state index in [1.165, 1.54) is 6.20 Å². The van der Waals surface area contributed by atoms with Crippen LogP contribution in [0.2, 0.25) is 0 Å². The van der Waals surface area contributed by atoms with Crippen LogP contribution in [0.15, 0.2) is 59.2 Å². The molecule has 0 atom stereocenters. The SMILES string of the molecule is O=S(=O)(O)O.O=S(=O)(Oc1nccs1)c1cc2cccnc2c2ncccc12. The van der Waals surface area contributed by atoms with Gasteiger partial charge in [-0.15, -0.1) is 0 Å². The van der Waals surface area contributed by atoms with Crippen molar-refractivity contribution in [2.24, 2.45) is 0 Å². The third kappa shape index (κ3) is 4.76. The smallest absolute Gasteiger partial charge is 0.348 e. The molecule has 3 aromatic heterocycles. The average Bonchev–Trinajstić information content (AvgIpc) is 3.12. The van der Waals surface area contributed by atoms with E-state index in [0.29, 0.717) is 21.8 Å². The van der Waals surface area contributed by atoms with Crippen LogP contribution in [-0.2, 0) is 20.5 Å². The van der Waals surface area contributed by atoms with E-state index in [-0.39, 0.29) is 10.1 Å². The Morgan fingerprint density at radius 1 is 0.893 bits per heavy atom. The van der Waals surface area contributed by atoms with Crippen molar-refractivity contribution in [3.63, 3.8) is 0 Å². The summed E-state index contributed by atoms with van der Waals surface area (Å²) in [6.07, 6.45) is 4.74. The maximum absolute atomic E-state index is 12.7. The highest BCUT2D eigenvalue weighted by Gasteiger charge is 2.23. The van der Waals surface area contributed by atoms with Gasteiger partial charge in [-0.1, -0.05) is 17.4 Å². The minimum atomic E-state index is -4.67. The Bertz CT molecular complexity index is 1330. The van der Waals surface area contributed by atoms with Crippen LogP contribution in [0, 0.1) is 0 Å². The van der Waals surface area contributed by atoms with E-state index in [9.17, 15) is 8.42 Å². The maximum Gasteiger partial charge on any atom is 0.394 e. The molecule has 4 rings (SSSR count). The molecule has 13 heteroatoms. The van der Waals surface area contributed by atoms with Crippen LogP contribution in [0.4, 0.5) is 0 Å². The Kier molecular flexibility index (Phi) is 5.53. The second-order valence-corrected chi connectivity index (χ2v) is 8.40. The molecule has 0 fully saturated rings. The first-order valence-electron chi connectivity index (χ1n) is 7.31. The molecule has 0 saturated heterocycles. The number of nitrogens with zero attached hydrogens (tertiary/aromatic N) is 3. The second-order valence-electron chi connectivity index (χ2n) is 5.13. The van der Waals surface area contributed by atoms with Crippen LogP contribution in [0.5, 0.6) is 5.19 Å². The van der Waals surface area contributed by atoms with Crippen molar-refractivity contribution >= 4 is 53.7 Å². The van der Waals surface area contributed by atoms with Crippen LogP contribution < -0.4 is 4.18 Å². The number of aromatic nitrogens is 3. The molecule has 1 aromatic carbocycles. The molecule has 28 heavy (non-hydrogen) atoms. The minimum Gasteiger partial charge on any atom is -0.348 e. The van der Waals surface area contributed by atoms with Crippen molar-refractivity contribution < 1.29 is 30.1 Å². The van der Waals surface area contributed by atoms with Gasteiger partial charge < -0.3 is 4.18 Å². The van der Waals surface area contributed by atoms with Crippen molar-refractivity contribution in [1.29, 1.82) is 0 Å². The van der Waals surface area contributed by atoms with Crippen molar-refractivity contribution in [3.05, 3.63) is 54.3 Å². The van der Waals surface area contributed by atoms with Crippen LogP contribution >= 0.6 is 11.3 Å². The fourth-order valence-electron chi connectivity index (χ4n) is 2.34. The largest absolute Gasteiger partial charge is 0.394 e. The molecule has 0 aliphatic rings. The fourth-order valence-corrected chi connectivity index (χ4v) is 4.15. The average molecular weight is 441 g/mol. The van der Waals surface area contributed by atoms with Crippen molar-refractivity contribution in [1.82, 2.24) is 15.0 Å². The molecule has 0 bridgehead atoms. The number of fused-ring (bicyclic) bond motifs is 3. The van der Waals surface area contributed by atoms with Gasteiger partial charge in [-0.25, -0.2) is 4.98 Å². The van der Waals surface area contributed by atoms with Crippen molar-refractivity contribution in [3.8, 4) is 5.19 Å². The number of hydrogen-bond donors (Lipinski definition) is 2.